The second kappa shape index (κ2) is 10.7. The molecule has 0 aliphatic rings. The summed E-state index contributed by atoms with van der Waals surface area (Å²) in [7, 11) is 4.32. The Labute approximate surface area is 162 Å². The number of carbonyl (C=O) groups is 2. The highest BCUT2D eigenvalue weighted by atomic mass is 16.5. The Morgan fingerprint density at radius 3 is 2.18 bits per heavy atom. The lowest BCUT2D eigenvalue weighted by atomic mass is 9.99. The summed E-state index contributed by atoms with van der Waals surface area (Å²) >= 11 is 0. The maximum absolute atomic E-state index is 11.7. The first-order valence-corrected chi connectivity index (χ1v) is 8.36. The van der Waals surface area contributed by atoms with Crippen LogP contribution in [0, 0.1) is 6.92 Å². The lowest BCUT2D eigenvalue weighted by Gasteiger charge is -2.19. The molecule has 9 nitrogen and oxygen atoms in total. The first-order chi connectivity index (χ1) is 13.4. The van der Waals surface area contributed by atoms with E-state index in [1.165, 1.54) is 27.4 Å². The fourth-order valence-corrected chi connectivity index (χ4v) is 2.73. The van der Waals surface area contributed by atoms with Crippen molar-refractivity contribution in [3.63, 3.8) is 0 Å². The zero-order chi connectivity index (χ0) is 21.3. The highest BCUT2D eigenvalue weighted by molar-refractivity contribution is 5.96. The van der Waals surface area contributed by atoms with E-state index in [-0.39, 0.29) is 23.5 Å². The predicted octanol–water partition coefficient (Wildman–Crippen LogP) is 2.83. The zero-order valence-corrected chi connectivity index (χ0v) is 16.5. The Morgan fingerprint density at radius 1 is 1.14 bits per heavy atom. The first kappa shape index (κ1) is 22.7. The van der Waals surface area contributed by atoms with Gasteiger partial charge in [0.2, 0.25) is 5.75 Å². The third kappa shape index (κ3) is 4.87. The largest absolute Gasteiger partial charge is 0.492 e. The Morgan fingerprint density at radius 2 is 1.71 bits per heavy atom. The normalized spacial score (nSPS) is 9.75. The molecule has 2 N–H and O–H groups in total. The van der Waals surface area contributed by atoms with Gasteiger partial charge in [-0.05, 0) is 25.0 Å². The van der Waals surface area contributed by atoms with Crippen LogP contribution in [0.2, 0.25) is 0 Å². The van der Waals surface area contributed by atoms with Gasteiger partial charge in [-0.1, -0.05) is 13.3 Å². The summed E-state index contributed by atoms with van der Waals surface area (Å²) in [6.45, 7) is 3.59. The van der Waals surface area contributed by atoms with Gasteiger partial charge in [-0.2, -0.15) is 0 Å². The second-order valence-electron chi connectivity index (χ2n) is 5.52. The van der Waals surface area contributed by atoms with Crippen LogP contribution in [0.15, 0.2) is 12.3 Å². The first-order valence-electron chi connectivity index (χ1n) is 8.36. The van der Waals surface area contributed by atoms with Gasteiger partial charge >= 0.3 is 5.97 Å². The van der Waals surface area contributed by atoms with Crippen molar-refractivity contribution in [1.82, 2.24) is 9.97 Å². The van der Waals surface area contributed by atoms with Crippen molar-refractivity contribution >= 4 is 12.4 Å². The molecular formula is C19H24N2O7. The third-order valence-corrected chi connectivity index (χ3v) is 3.79. The van der Waals surface area contributed by atoms with Crippen LogP contribution >= 0.6 is 0 Å². The molecule has 0 fully saturated rings. The van der Waals surface area contributed by atoms with Gasteiger partial charge in [0.25, 0.3) is 6.47 Å². The minimum atomic E-state index is -1.12. The Bertz CT molecular complexity index is 838. The minimum absolute atomic E-state index is 0.0196. The van der Waals surface area contributed by atoms with Crippen molar-refractivity contribution in [2.45, 2.75) is 26.7 Å². The van der Waals surface area contributed by atoms with Gasteiger partial charge in [0.1, 0.15) is 11.4 Å². The molecule has 0 unspecified atom stereocenters. The number of rotatable bonds is 7. The highest BCUT2D eigenvalue weighted by Gasteiger charge is 2.26. The molecule has 0 atom stereocenters. The van der Waals surface area contributed by atoms with Crippen LogP contribution < -0.4 is 14.2 Å². The number of aromatic carboxylic acids is 1. The van der Waals surface area contributed by atoms with E-state index in [0.717, 1.165) is 18.4 Å². The van der Waals surface area contributed by atoms with E-state index in [0.29, 0.717) is 22.8 Å². The van der Waals surface area contributed by atoms with E-state index in [1.807, 2.05) is 0 Å². The van der Waals surface area contributed by atoms with Gasteiger partial charge in [0, 0.05) is 11.8 Å². The molecule has 0 aliphatic heterocycles. The molecule has 1 aromatic carbocycles. The average Bonchev–Trinajstić information content (AvgIpc) is 2.68. The van der Waals surface area contributed by atoms with Gasteiger partial charge in [-0.3, -0.25) is 4.79 Å². The van der Waals surface area contributed by atoms with Crippen molar-refractivity contribution < 1.29 is 34.0 Å². The highest BCUT2D eigenvalue weighted by Crippen LogP contribution is 2.47. The van der Waals surface area contributed by atoms with E-state index >= 15 is 0 Å². The van der Waals surface area contributed by atoms with E-state index in [1.54, 1.807) is 13.1 Å². The van der Waals surface area contributed by atoms with Crippen molar-refractivity contribution in [3.8, 4) is 28.5 Å². The number of ether oxygens (including phenoxy) is 3. The summed E-state index contributed by atoms with van der Waals surface area (Å²) < 4.78 is 16.1. The van der Waals surface area contributed by atoms with Crippen LogP contribution in [-0.4, -0.2) is 54.0 Å². The zero-order valence-electron chi connectivity index (χ0n) is 16.5. The number of methoxy groups -OCH3 is 3. The van der Waals surface area contributed by atoms with Gasteiger partial charge in [0.05, 0.1) is 27.0 Å². The number of hydrogen-bond donors (Lipinski definition) is 2. The summed E-state index contributed by atoms with van der Waals surface area (Å²) in [5, 5.41) is 16.5. The Balaban J connectivity index is 0.00000122. The molecule has 0 bridgehead atoms. The lowest BCUT2D eigenvalue weighted by Crippen LogP contribution is -2.07. The molecule has 0 saturated carbocycles. The second-order valence-corrected chi connectivity index (χ2v) is 5.52. The maximum Gasteiger partial charge on any atom is 0.339 e. The fourth-order valence-electron chi connectivity index (χ4n) is 2.73. The molecule has 152 valence electrons. The SMILES string of the molecule is CCCc1cnc(C)nc1-c1cc(C(=O)O)c(OC)c(OC)c1OC.O=CO. The number of hydrogen-bond acceptors (Lipinski definition) is 7. The van der Waals surface area contributed by atoms with Gasteiger partial charge in [0.15, 0.2) is 11.5 Å². The Kier molecular flexibility index (Phi) is 8.67. The van der Waals surface area contributed by atoms with Crippen LogP contribution in [0.5, 0.6) is 17.2 Å². The number of benzene rings is 1. The van der Waals surface area contributed by atoms with E-state index in [4.69, 9.17) is 24.1 Å². The number of aryl methyl sites for hydroxylation is 2. The van der Waals surface area contributed by atoms with Crippen molar-refractivity contribution in [1.29, 1.82) is 0 Å². The molecule has 1 heterocycles. The summed E-state index contributed by atoms with van der Waals surface area (Å²) in [6, 6.07) is 1.50. The number of aromatic nitrogens is 2. The van der Waals surface area contributed by atoms with Crippen LogP contribution in [-0.2, 0) is 11.2 Å². The predicted molar refractivity (Wildman–Crippen MR) is 102 cm³/mol. The summed E-state index contributed by atoms with van der Waals surface area (Å²) in [4.78, 5) is 28.8. The Hall–Kier alpha value is -3.36. The molecule has 0 amide bonds. The van der Waals surface area contributed by atoms with Crippen LogP contribution in [0.3, 0.4) is 0 Å². The number of carboxylic acids is 1. The smallest absolute Gasteiger partial charge is 0.339 e. The van der Waals surface area contributed by atoms with E-state index < -0.39 is 5.97 Å². The van der Waals surface area contributed by atoms with Gasteiger partial charge < -0.3 is 24.4 Å². The molecule has 0 spiro atoms. The van der Waals surface area contributed by atoms with E-state index in [9.17, 15) is 9.90 Å². The summed E-state index contributed by atoms with van der Waals surface area (Å²) in [5.41, 5.74) is 2.06. The van der Waals surface area contributed by atoms with Crippen molar-refractivity contribution in [2.24, 2.45) is 0 Å². The summed E-state index contributed by atoms with van der Waals surface area (Å²) in [5.74, 6) is 0.169. The molecule has 2 aromatic rings. The van der Waals surface area contributed by atoms with Crippen LogP contribution in [0.1, 0.15) is 35.1 Å². The molecule has 0 radical (unpaired) electrons. The van der Waals surface area contributed by atoms with Gasteiger partial charge in [-0.25, -0.2) is 14.8 Å². The lowest BCUT2D eigenvalue weighted by molar-refractivity contribution is -0.122. The van der Waals surface area contributed by atoms with Gasteiger partial charge in [-0.15, -0.1) is 0 Å². The van der Waals surface area contributed by atoms with Crippen molar-refractivity contribution in [3.05, 3.63) is 29.2 Å². The molecule has 2 rings (SSSR count). The monoisotopic (exact) mass is 392 g/mol. The standard InChI is InChI=1S/C18H22N2O5.CH2O2/c1-6-7-11-9-19-10(2)20-14(11)12-8-13(18(21)22)16(24-4)17(25-5)15(12)23-3;2-1-3/h8-9H,6-7H2,1-5H3,(H,21,22);1H,(H,2,3). The van der Waals surface area contributed by atoms with E-state index in [2.05, 4.69) is 16.9 Å². The molecule has 9 heteroatoms. The van der Waals surface area contributed by atoms with Crippen LogP contribution in [0.25, 0.3) is 11.3 Å². The number of nitrogens with zero attached hydrogens (tertiary/aromatic N) is 2. The fraction of sp³-hybridized carbons (Fsp3) is 0.368. The topological polar surface area (TPSA) is 128 Å². The molecule has 0 aliphatic carbocycles. The molecule has 0 saturated heterocycles. The van der Waals surface area contributed by atoms with Crippen molar-refractivity contribution in [2.75, 3.05) is 21.3 Å². The molecule has 1 aromatic heterocycles. The quantitative estimate of drug-likeness (QED) is 0.683. The average molecular weight is 392 g/mol. The maximum atomic E-state index is 11.7. The minimum Gasteiger partial charge on any atom is -0.492 e. The summed E-state index contributed by atoms with van der Waals surface area (Å²) in [6.07, 6.45) is 3.42. The van der Waals surface area contributed by atoms with Crippen LogP contribution in [0.4, 0.5) is 0 Å². The third-order valence-electron chi connectivity index (χ3n) is 3.79. The number of carboxylic acid groups (broad SMARTS) is 2. The molecule has 28 heavy (non-hydrogen) atoms. The molecular weight excluding hydrogens is 368 g/mol.